The predicted octanol–water partition coefficient (Wildman–Crippen LogP) is 0.681. The third-order valence-electron chi connectivity index (χ3n) is 4.34. The van der Waals surface area contributed by atoms with Crippen molar-refractivity contribution in [3.8, 4) is 0 Å². The standard InChI is InChI=1S/C13H22N2O3/c1-5-13(4)11(17)15(9(2)10(16)14-13)12(3)6-7-18-8-12/h9H,5-8H2,1-4H3,(H,14,16). The molecule has 5 heteroatoms. The van der Waals surface area contributed by atoms with Crippen LogP contribution in [-0.2, 0) is 14.3 Å². The number of amides is 2. The second kappa shape index (κ2) is 4.23. The molecule has 0 saturated carbocycles. The molecule has 2 heterocycles. The van der Waals surface area contributed by atoms with Gasteiger partial charge in [-0.1, -0.05) is 6.92 Å². The van der Waals surface area contributed by atoms with Crippen molar-refractivity contribution in [2.45, 2.75) is 57.7 Å². The van der Waals surface area contributed by atoms with E-state index in [1.807, 2.05) is 13.8 Å². The molecule has 2 aliphatic rings. The topological polar surface area (TPSA) is 58.6 Å². The van der Waals surface area contributed by atoms with Crippen LogP contribution in [0.25, 0.3) is 0 Å². The van der Waals surface area contributed by atoms with Crippen molar-refractivity contribution < 1.29 is 14.3 Å². The number of hydrogen-bond acceptors (Lipinski definition) is 3. The van der Waals surface area contributed by atoms with Crippen LogP contribution in [0.4, 0.5) is 0 Å². The Morgan fingerprint density at radius 1 is 1.44 bits per heavy atom. The van der Waals surface area contributed by atoms with Gasteiger partial charge in [-0.3, -0.25) is 9.59 Å². The van der Waals surface area contributed by atoms with E-state index in [9.17, 15) is 9.59 Å². The van der Waals surface area contributed by atoms with Gasteiger partial charge < -0.3 is 15.0 Å². The molecule has 0 aromatic heterocycles. The highest BCUT2D eigenvalue weighted by Gasteiger charge is 2.52. The molecule has 0 radical (unpaired) electrons. The molecule has 2 aliphatic heterocycles. The summed E-state index contributed by atoms with van der Waals surface area (Å²) in [4.78, 5) is 26.5. The van der Waals surface area contributed by atoms with Crippen molar-refractivity contribution in [1.29, 1.82) is 0 Å². The number of ether oxygens (including phenoxy) is 1. The SMILES string of the molecule is CCC1(C)NC(=O)C(C)N(C2(C)CCOC2)C1=O. The van der Waals surface area contributed by atoms with Crippen molar-refractivity contribution in [2.24, 2.45) is 0 Å². The maximum atomic E-state index is 12.7. The first-order valence-electron chi connectivity index (χ1n) is 6.57. The first kappa shape index (κ1) is 13.3. The van der Waals surface area contributed by atoms with Gasteiger partial charge in [-0.05, 0) is 33.6 Å². The molecule has 1 N–H and O–H groups in total. The third-order valence-corrected chi connectivity index (χ3v) is 4.34. The number of carbonyl (C=O) groups excluding carboxylic acids is 2. The Balaban J connectivity index is 2.36. The van der Waals surface area contributed by atoms with E-state index in [1.165, 1.54) is 0 Å². The van der Waals surface area contributed by atoms with E-state index in [-0.39, 0.29) is 17.4 Å². The maximum absolute atomic E-state index is 12.7. The molecule has 5 nitrogen and oxygen atoms in total. The number of nitrogens with zero attached hydrogens (tertiary/aromatic N) is 1. The molecule has 102 valence electrons. The van der Waals surface area contributed by atoms with Crippen LogP contribution in [0.1, 0.15) is 40.5 Å². The van der Waals surface area contributed by atoms with Gasteiger partial charge in [0, 0.05) is 6.61 Å². The highest BCUT2D eigenvalue weighted by Crippen LogP contribution is 2.33. The van der Waals surface area contributed by atoms with Crippen molar-refractivity contribution >= 4 is 11.8 Å². The zero-order chi connectivity index (χ0) is 13.6. The lowest BCUT2D eigenvalue weighted by Crippen LogP contribution is -2.72. The van der Waals surface area contributed by atoms with E-state index >= 15 is 0 Å². The Labute approximate surface area is 108 Å². The van der Waals surface area contributed by atoms with Crippen LogP contribution in [0.15, 0.2) is 0 Å². The number of carbonyl (C=O) groups is 2. The second-order valence-corrected chi connectivity index (χ2v) is 5.83. The van der Waals surface area contributed by atoms with E-state index in [0.717, 1.165) is 6.42 Å². The fourth-order valence-electron chi connectivity index (χ4n) is 2.79. The molecule has 3 unspecified atom stereocenters. The lowest BCUT2D eigenvalue weighted by molar-refractivity contribution is -0.161. The monoisotopic (exact) mass is 254 g/mol. The largest absolute Gasteiger partial charge is 0.379 e. The lowest BCUT2D eigenvalue weighted by atomic mass is 9.87. The van der Waals surface area contributed by atoms with Gasteiger partial charge in [-0.2, -0.15) is 0 Å². The number of piperazine rings is 1. The van der Waals surface area contributed by atoms with E-state index in [4.69, 9.17) is 4.74 Å². The minimum Gasteiger partial charge on any atom is -0.379 e. The Morgan fingerprint density at radius 2 is 2.11 bits per heavy atom. The quantitative estimate of drug-likeness (QED) is 0.788. The third kappa shape index (κ3) is 1.81. The summed E-state index contributed by atoms with van der Waals surface area (Å²) in [6, 6.07) is -0.427. The van der Waals surface area contributed by atoms with Gasteiger partial charge in [0.15, 0.2) is 0 Å². The van der Waals surface area contributed by atoms with Crippen LogP contribution in [0.3, 0.4) is 0 Å². The van der Waals surface area contributed by atoms with Crippen LogP contribution in [-0.4, -0.2) is 47.0 Å². The summed E-state index contributed by atoms with van der Waals surface area (Å²) in [5.74, 6) is -0.0721. The van der Waals surface area contributed by atoms with Crippen LogP contribution < -0.4 is 5.32 Å². The molecular formula is C13H22N2O3. The Hall–Kier alpha value is -1.10. The molecular weight excluding hydrogens is 232 g/mol. The van der Waals surface area contributed by atoms with Crippen molar-refractivity contribution in [3.05, 3.63) is 0 Å². The first-order valence-corrected chi connectivity index (χ1v) is 6.57. The van der Waals surface area contributed by atoms with Gasteiger partial charge in [-0.15, -0.1) is 0 Å². The summed E-state index contributed by atoms with van der Waals surface area (Å²) in [5, 5.41) is 2.84. The first-order chi connectivity index (χ1) is 8.34. The fraction of sp³-hybridized carbons (Fsp3) is 0.846. The number of nitrogens with one attached hydrogen (secondary N) is 1. The molecule has 18 heavy (non-hydrogen) atoms. The van der Waals surface area contributed by atoms with Crippen LogP contribution in [0.2, 0.25) is 0 Å². The molecule has 2 amide bonds. The smallest absolute Gasteiger partial charge is 0.249 e. The molecule has 2 rings (SSSR count). The van der Waals surface area contributed by atoms with E-state index in [1.54, 1.807) is 18.7 Å². The average Bonchev–Trinajstić information content (AvgIpc) is 2.74. The molecule has 0 aromatic carbocycles. The maximum Gasteiger partial charge on any atom is 0.249 e. The summed E-state index contributed by atoms with van der Waals surface area (Å²) in [6.45, 7) is 8.66. The highest BCUT2D eigenvalue weighted by atomic mass is 16.5. The summed E-state index contributed by atoms with van der Waals surface area (Å²) in [5.41, 5.74) is -1.14. The molecule has 2 fully saturated rings. The second-order valence-electron chi connectivity index (χ2n) is 5.83. The minimum absolute atomic E-state index is 0.00472. The fourth-order valence-corrected chi connectivity index (χ4v) is 2.79. The number of hydrogen-bond donors (Lipinski definition) is 1. The number of rotatable bonds is 2. The van der Waals surface area contributed by atoms with Crippen LogP contribution in [0, 0.1) is 0 Å². The van der Waals surface area contributed by atoms with Crippen molar-refractivity contribution in [2.75, 3.05) is 13.2 Å². The normalized spacial score (nSPS) is 41.1. The van der Waals surface area contributed by atoms with Crippen LogP contribution >= 0.6 is 0 Å². The molecule has 2 saturated heterocycles. The van der Waals surface area contributed by atoms with Crippen molar-refractivity contribution in [1.82, 2.24) is 10.2 Å². The summed E-state index contributed by atoms with van der Waals surface area (Å²) < 4.78 is 5.42. The highest BCUT2D eigenvalue weighted by molar-refractivity contribution is 5.99. The Bertz CT molecular complexity index is 376. The Morgan fingerprint density at radius 3 is 2.61 bits per heavy atom. The molecule has 0 bridgehead atoms. The van der Waals surface area contributed by atoms with Gasteiger partial charge in [0.1, 0.15) is 11.6 Å². The van der Waals surface area contributed by atoms with E-state index in [2.05, 4.69) is 5.32 Å². The zero-order valence-corrected chi connectivity index (χ0v) is 11.6. The van der Waals surface area contributed by atoms with Gasteiger partial charge in [0.25, 0.3) is 0 Å². The average molecular weight is 254 g/mol. The van der Waals surface area contributed by atoms with Gasteiger partial charge in [0.05, 0.1) is 12.1 Å². The van der Waals surface area contributed by atoms with Gasteiger partial charge >= 0.3 is 0 Å². The zero-order valence-electron chi connectivity index (χ0n) is 11.6. The predicted molar refractivity (Wildman–Crippen MR) is 67.0 cm³/mol. The van der Waals surface area contributed by atoms with E-state index < -0.39 is 11.6 Å². The van der Waals surface area contributed by atoms with Gasteiger partial charge in [-0.25, -0.2) is 0 Å². The van der Waals surface area contributed by atoms with Crippen LogP contribution in [0.5, 0.6) is 0 Å². The molecule has 0 aliphatic carbocycles. The Kier molecular flexibility index (Phi) is 3.13. The molecule has 0 spiro atoms. The molecule has 3 atom stereocenters. The molecule has 0 aromatic rings. The van der Waals surface area contributed by atoms with Crippen molar-refractivity contribution in [3.63, 3.8) is 0 Å². The lowest BCUT2D eigenvalue weighted by Gasteiger charge is -2.49. The minimum atomic E-state index is -0.783. The summed E-state index contributed by atoms with van der Waals surface area (Å²) in [7, 11) is 0. The van der Waals surface area contributed by atoms with E-state index in [0.29, 0.717) is 19.6 Å². The summed E-state index contributed by atoms with van der Waals surface area (Å²) in [6.07, 6.45) is 1.38. The van der Waals surface area contributed by atoms with Gasteiger partial charge in [0.2, 0.25) is 11.8 Å². The summed E-state index contributed by atoms with van der Waals surface area (Å²) >= 11 is 0.